The second-order valence-electron chi connectivity index (χ2n) is 19.1. The zero-order valence-corrected chi connectivity index (χ0v) is 38.6. The van der Waals surface area contributed by atoms with Crippen LogP contribution in [0.15, 0.2) is 54.6 Å². The largest absolute Gasteiger partial charge is 0.497 e. The van der Waals surface area contributed by atoms with E-state index in [1.54, 1.807) is 65.0 Å². The van der Waals surface area contributed by atoms with Gasteiger partial charge in [0.1, 0.15) is 35.1 Å². The summed E-state index contributed by atoms with van der Waals surface area (Å²) in [5.41, 5.74) is -1.63. The fraction of sp³-hybridized carbons (Fsp3) is 0.553. The van der Waals surface area contributed by atoms with Crippen molar-refractivity contribution in [2.45, 2.75) is 134 Å². The molecule has 0 spiro atoms. The maximum Gasteiger partial charge on any atom is 0.408 e. The maximum absolute atomic E-state index is 15.3. The third-order valence-corrected chi connectivity index (χ3v) is 14.0. The first kappa shape index (κ1) is 46.5. The molecule has 3 aromatic rings. The van der Waals surface area contributed by atoms with Crippen LogP contribution in [0.4, 0.5) is 9.18 Å². The van der Waals surface area contributed by atoms with Gasteiger partial charge in [-0.1, -0.05) is 26.0 Å². The SMILES string of the molecule is COc1ccc2c(O[C@@H]3C[C@H]4C(=O)N[C@]5(C(=O)NS(=O)(=O)C6CC6)C[C@H]5/C=C\CC[C@H](C)C[C@@H](C)C(NC(=O)OC(C)(C)C)C(=O)N4C3)nc(-c3ccc(OC(C)C)c(F)c3)cc2c1.[HH].[HH].[HH]. The van der Waals surface area contributed by atoms with E-state index in [-0.39, 0.29) is 47.3 Å². The molecule has 3 N–H and O–H groups in total. The number of benzene rings is 2. The first-order chi connectivity index (χ1) is 30.2. The molecule has 352 valence electrons. The van der Waals surface area contributed by atoms with Gasteiger partial charge in [-0.3, -0.25) is 19.1 Å². The van der Waals surface area contributed by atoms with Gasteiger partial charge in [-0.15, -0.1) is 0 Å². The van der Waals surface area contributed by atoms with Crippen LogP contribution in [0.25, 0.3) is 22.0 Å². The summed E-state index contributed by atoms with van der Waals surface area (Å²) in [6, 6.07) is 9.30. The predicted molar refractivity (Wildman–Crippen MR) is 244 cm³/mol. The highest BCUT2D eigenvalue weighted by Gasteiger charge is 2.62. The Hall–Kier alpha value is -5.45. The Labute approximate surface area is 378 Å². The molecule has 3 fully saturated rings. The Balaban J connectivity index is 0.00000327. The summed E-state index contributed by atoms with van der Waals surface area (Å²) in [7, 11) is -2.42. The molecule has 2 aliphatic heterocycles. The average Bonchev–Trinajstić information content (AvgIpc) is 4.14. The molecule has 2 aliphatic carbocycles. The minimum absolute atomic E-state index is 0. The van der Waals surface area contributed by atoms with Crippen molar-refractivity contribution in [1.82, 2.24) is 25.2 Å². The number of sulfonamides is 1. The highest BCUT2D eigenvalue weighted by Crippen LogP contribution is 2.46. The first-order valence-electron chi connectivity index (χ1n) is 22.1. The number of rotatable bonds is 10. The van der Waals surface area contributed by atoms with Gasteiger partial charge >= 0.3 is 6.09 Å². The summed E-state index contributed by atoms with van der Waals surface area (Å²) in [6.07, 6.45) is 4.83. The van der Waals surface area contributed by atoms with E-state index in [1.807, 2.05) is 19.1 Å². The summed E-state index contributed by atoms with van der Waals surface area (Å²) >= 11 is 0. The molecule has 64 heavy (non-hydrogen) atoms. The summed E-state index contributed by atoms with van der Waals surface area (Å²) < 4.78 is 67.0. The van der Waals surface area contributed by atoms with Gasteiger partial charge in [0.05, 0.1) is 30.7 Å². The number of alkyl carbamates (subject to hydrolysis) is 1. The average molecular weight is 912 g/mol. The lowest BCUT2D eigenvalue weighted by atomic mass is 9.88. The molecular weight excluding hydrogens is 846 g/mol. The monoisotopic (exact) mass is 911 g/mol. The van der Waals surface area contributed by atoms with Crippen molar-refractivity contribution < 1.29 is 55.2 Å². The highest BCUT2D eigenvalue weighted by molar-refractivity contribution is 7.91. The number of nitrogens with one attached hydrogen (secondary N) is 3. The number of halogens is 1. The van der Waals surface area contributed by atoms with Crippen molar-refractivity contribution >= 4 is 44.6 Å². The first-order valence-corrected chi connectivity index (χ1v) is 23.7. The number of carbonyl (C=O) groups is 4. The number of fused-ring (bicyclic) bond motifs is 3. The molecule has 17 heteroatoms. The number of carbonyl (C=O) groups excluding carboxylic acids is 4. The molecule has 1 unspecified atom stereocenters. The third-order valence-electron chi connectivity index (χ3n) is 12.2. The van der Waals surface area contributed by atoms with E-state index in [9.17, 15) is 22.8 Å². The van der Waals surface area contributed by atoms with Gasteiger partial charge in [0.15, 0.2) is 11.6 Å². The van der Waals surface area contributed by atoms with Gasteiger partial charge in [-0.25, -0.2) is 22.6 Å². The number of aromatic nitrogens is 1. The zero-order chi connectivity index (χ0) is 46.3. The van der Waals surface area contributed by atoms with Crippen molar-refractivity contribution in [3.05, 3.63) is 60.4 Å². The van der Waals surface area contributed by atoms with Crippen molar-refractivity contribution in [2.24, 2.45) is 17.8 Å². The standard InChI is InChI=1S/C47H60FN5O10S.3H2/c1-26(2)61-39-18-13-29(21-36(39)48)37-22-30-20-32(60-8)14-17-35(30)42(49-37)62-33-23-38-41(54)51-47(44(56)52-64(58,59)34-15-16-34)24-31(47)12-10-9-11-27(3)19-28(4)40(43(55)53(38)25-33)50-45(57)63-46(5,6)7;;;/h10,12-14,17-18,20-22,26-28,31,33-34,38,40H,9,11,15-16,19,23-25H2,1-8H3,(H,50,57)(H,51,54)(H,52,56);3*1H/b12-10-;;;/t27-,28+,31+,33+,38-,40?,47+;;;/m0.../s1. The topological polar surface area (TPSA) is 192 Å². The Bertz CT molecular complexity index is 2450. The minimum atomic E-state index is -3.95. The second kappa shape index (κ2) is 18.2. The number of pyridine rings is 1. The van der Waals surface area contributed by atoms with E-state index in [1.165, 1.54) is 24.1 Å². The van der Waals surface area contributed by atoms with Gasteiger partial charge in [0.25, 0.3) is 5.91 Å². The molecular formula is C47H66FN5O10S. The lowest BCUT2D eigenvalue weighted by Crippen LogP contribution is -2.59. The number of hydrogen-bond acceptors (Lipinski definition) is 11. The molecule has 2 aromatic carbocycles. The van der Waals surface area contributed by atoms with Crippen LogP contribution in [-0.4, -0.2) is 96.5 Å². The van der Waals surface area contributed by atoms with Gasteiger partial charge in [0.2, 0.25) is 27.7 Å². The zero-order valence-electron chi connectivity index (χ0n) is 37.7. The van der Waals surface area contributed by atoms with E-state index in [0.717, 1.165) is 6.42 Å². The van der Waals surface area contributed by atoms with Crippen LogP contribution in [0.1, 0.15) is 97.7 Å². The lowest BCUT2D eigenvalue weighted by Gasteiger charge is -2.33. The fourth-order valence-electron chi connectivity index (χ4n) is 8.67. The molecule has 1 aromatic heterocycles. The van der Waals surface area contributed by atoms with Crippen LogP contribution < -0.4 is 29.6 Å². The normalized spacial score (nSPS) is 27.0. The van der Waals surface area contributed by atoms with Gasteiger partial charge < -0.3 is 34.5 Å². The van der Waals surface area contributed by atoms with E-state index >= 15 is 9.18 Å². The van der Waals surface area contributed by atoms with Crippen LogP contribution in [0, 0.1) is 23.6 Å². The Morgan fingerprint density at radius 1 is 1.05 bits per heavy atom. The molecule has 7 atom stereocenters. The molecule has 0 bridgehead atoms. The molecule has 15 nitrogen and oxygen atoms in total. The molecule has 4 aliphatic rings. The number of methoxy groups -OCH3 is 1. The van der Waals surface area contributed by atoms with Gasteiger partial charge in [0, 0.05) is 27.6 Å². The molecule has 1 saturated heterocycles. The predicted octanol–water partition coefficient (Wildman–Crippen LogP) is 7.31. The van der Waals surface area contributed by atoms with E-state index in [4.69, 9.17) is 23.9 Å². The second-order valence-corrected chi connectivity index (χ2v) is 21.0. The number of nitrogens with zero attached hydrogens (tertiary/aromatic N) is 2. The van der Waals surface area contributed by atoms with Crippen molar-refractivity contribution in [3.8, 4) is 28.6 Å². The number of hydrogen-bond donors (Lipinski definition) is 3. The van der Waals surface area contributed by atoms with Crippen molar-refractivity contribution in [1.29, 1.82) is 0 Å². The van der Waals surface area contributed by atoms with Crippen LogP contribution >= 0.6 is 0 Å². The van der Waals surface area contributed by atoms with E-state index < -0.39 is 86.1 Å². The minimum Gasteiger partial charge on any atom is -0.497 e. The van der Waals surface area contributed by atoms with Crippen molar-refractivity contribution in [3.63, 3.8) is 0 Å². The van der Waals surface area contributed by atoms with Crippen LogP contribution in [0.3, 0.4) is 0 Å². The third kappa shape index (κ3) is 10.6. The highest BCUT2D eigenvalue weighted by atomic mass is 32.2. The van der Waals surface area contributed by atoms with Crippen LogP contribution in [-0.2, 0) is 29.1 Å². The molecule has 7 rings (SSSR count). The van der Waals surface area contributed by atoms with Gasteiger partial charge in [-0.05, 0) is 133 Å². The molecule has 3 heterocycles. The molecule has 4 amide bonds. The van der Waals surface area contributed by atoms with Gasteiger partial charge in [-0.2, -0.15) is 0 Å². The number of allylic oxidation sites excluding steroid dienone is 1. The maximum atomic E-state index is 15.3. The number of amides is 4. The Kier molecular flexibility index (Phi) is 13.2. The van der Waals surface area contributed by atoms with Crippen LogP contribution in [0.2, 0.25) is 0 Å². The van der Waals surface area contributed by atoms with Crippen molar-refractivity contribution in [2.75, 3.05) is 13.7 Å². The Morgan fingerprint density at radius 3 is 2.47 bits per heavy atom. The fourth-order valence-corrected chi connectivity index (χ4v) is 10.0. The quantitative estimate of drug-likeness (QED) is 0.173. The summed E-state index contributed by atoms with van der Waals surface area (Å²) in [5.74, 6) is -2.62. The lowest BCUT2D eigenvalue weighted by molar-refractivity contribution is -0.142. The van der Waals surface area contributed by atoms with Crippen LogP contribution in [0.5, 0.6) is 17.4 Å². The molecule has 2 saturated carbocycles. The summed E-state index contributed by atoms with van der Waals surface area (Å²) in [6.45, 7) is 12.6. The van der Waals surface area contributed by atoms with E-state index in [0.29, 0.717) is 53.5 Å². The van der Waals surface area contributed by atoms with E-state index in [2.05, 4.69) is 22.3 Å². The summed E-state index contributed by atoms with van der Waals surface area (Å²) in [5, 5.41) is 6.28. The smallest absolute Gasteiger partial charge is 0.408 e. The number of ether oxygens (including phenoxy) is 4. The molecule has 0 radical (unpaired) electrons. The summed E-state index contributed by atoms with van der Waals surface area (Å²) in [4.78, 5) is 63.3. The Morgan fingerprint density at radius 2 is 1.80 bits per heavy atom.